The number of likely N-dealkylation sites (N-methyl/N-ethyl adjacent to an activating group) is 1. The average molecular weight is 388 g/mol. The van der Waals surface area contributed by atoms with E-state index in [1.54, 1.807) is 0 Å². The van der Waals surface area contributed by atoms with Crippen molar-refractivity contribution in [1.82, 2.24) is 15.1 Å². The largest absolute Gasteiger partial charge is 0.489 e. The molecule has 1 aliphatic rings. The molecule has 1 saturated heterocycles. The van der Waals surface area contributed by atoms with Crippen LogP contribution in [0, 0.1) is 0 Å². The van der Waals surface area contributed by atoms with Crippen LogP contribution in [0.15, 0.2) is 48.5 Å². The fourth-order valence-corrected chi connectivity index (χ4v) is 3.44. The smallest absolute Gasteiger partial charge is 0.120 e. The van der Waals surface area contributed by atoms with E-state index in [9.17, 15) is 0 Å². The van der Waals surface area contributed by atoms with Crippen LogP contribution in [0.1, 0.15) is 17.5 Å². The lowest BCUT2D eigenvalue weighted by molar-refractivity contribution is 0.153. The Morgan fingerprint density at radius 2 is 1.85 bits per heavy atom. The van der Waals surface area contributed by atoms with Crippen LogP contribution in [-0.2, 0) is 13.2 Å². The van der Waals surface area contributed by atoms with E-state index in [4.69, 9.17) is 16.3 Å². The summed E-state index contributed by atoms with van der Waals surface area (Å²) in [6.07, 6.45) is 1.19. The van der Waals surface area contributed by atoms with E-state index in [-0.39, 0.29) is 0 Å². The van der Waals surface area contributed by atoms with Crippen molar-refractivity contribution >= 4 is 11.6 Å². The molecule has 1 aliphatic heterocycles. The SMILES string of the molecule is CN1CCN(CCCNCc2cccc(OCc3ccccc3Cl)c2)CC1. The van der Waals surface area contributed by atoms with Gasteiger partial charge in [0.15, 0.2) is 0 Å². The third-order valence-corrected chi connectivity index (χ3v) is 5.37. The quantitative estimate of drug-likeness (QED) is 0.665. The summed E-state index contributed by atoms with van der Waals surface area (Å²) in [5.74, 6) is 0.881. The molecule has 3 rings (SSSR count). The summed E-state index contributed by atoms with van der Waals surface area (Å²) in [6, 6.07) is 16.1. The molecule has 27 heavy (non-hydrogen) atoms. The van der Waals surface area contributed by atoms with E-state index >= 15 is 0 Å². The van der Waals surface area contributed by atoms with E-state index in [1.807, 2.05) is 36.4 Å². The van der Waals surface area contributed by atoms with Crippen LogP contribution in [0.25, 0.3) is 0 Å². The molecule has 5 heteroatoms. The van der Waals surface area contributed by atoms with Crippen LogP contribution in [0.2, 0.25) is 5.02 Å². The second kappa shape index (κ2) is 10.7. The highest BCUT2D eigenvalue weighted by Gasteiger charge is 2.12. The molecule has 0 aromatic heterocycles. The second-order valence-corrected chi connectivity index (χ2v) is 7.61. The first-order chi connectivity index (χ1) is 13.2. The first kappa shape index (κ1) is 20.2. The highest BCUT2D eigenvalue weighted by atomic mass is 35.5. The molecule has 0 aliphatic carbocycles. The number of hydrogen-bond donors (Lipinski definition) is 1. The predicted octanol–water partition coefficient (Wildman–Crippen LogP) is 3.65. The second-order valence-electron chi connectivity index (χ2n) is 7.20. The highest BCUT2D eigenvalue weighted by molar-refractivity contribution is 6.31. The first-order valence-electron chi connectivity index (χ1n) is 9.77. The molecule has 0 spiro atoms. The number of nitrogens with zero attached hydrogens (tertiary/aromatic N) is 2. The van der Waals surface area contributed by atoms with Crippen molar-refractivity contribution in [3.8, 4) is 5.75 Å². The van der Waals surface area contributed by atoms with Gasteiger partial charge in [0, 0.05) is 43.3 Å². The number of rotatable bonds is 9. The zero-order valence-electron chi connectivity index (χ0n) is 16.2. The molecule has 1 heterocycles. The Kier molecular flexibility index (Phi) is 7.96. The summed E-state index contributed by atoms with van der Waals surface area (Å²) in [6.45, 7) is 8.35. The molecule has 1 N–H and O–H groups in total. The molecule has 2 aromatic rings. The van der Waals surface area contributed by atoms with Crippen molar-refractivity contribution in [2.45, 2.75) is 19.6 Å². The number of nitrogens with one attached hydrogen (secondary N) is 1. The number of halogens is 1. The van der Waals surface area contributed by atoms with Crippen LogP contribution in [0.4, 0.5) is 0 Å². The van der Waals surface area contributed by atoms with Crippen LogP contribution in [-0.4, -0.2) is 56.1 Å². The van der Waals surface area contributed by atoms with Crippen molar-refractivity contribution in [2.24, 2.45) is 0 Å². The van der Waals surface area contributed by atoms with Crippen LogP contribution in [0.3, 0.4) is 0 Å². The molecule has 146 valence electrons. The van der Waals surface area contributed by atoms with E-state index in [0.29, 0.717) is 6.61 Å². The van der Waals surface area contributed by atoms with Crippen molar-refractivity contribution in [3.63, 3.8) is 0 Å². The van der Waals surface area contributed by atoms with Crippen LogP contribution in [0.5, 0.6) is 5.75 Å². The van der Waals surface area contributed by atoms with Gasteiger partial charge in [-0.25, -0.2) is 0 Å². The Morgan fingerprint density at radius 1 is 1.04 bits per heavy atom. The zero-order chi connectivity index (χ0) is 18.9. The average Bonchev–Trinajstić information content (AvgIpc) is 2.69. The minimum atomic E-state index is 0.488. The first-order valence-corrected chi connectivity index (χ1v) is 10.2. The molecule has 0 radical (unpaired) electrons. The van der Waals surface area contributed by atoms with Gasteiger partial charge < -0.3 is 19.9 Å². The Morgan fingerprint density at radius 3 is 2.67 bits per heavy atom. The minimum Gasteiger partial charge on any atom is -0.489 e. The van der Waals surface area contributed by atoms with Crippen molar-refractivity contribution in [3.05, 3.63) is 64.7 Å². The summed E-state index contributed by atoms with van der Waals surface area (Å²) in [4.78, 5) is 4.96. The fourth-order valence-electron chi connectivity index (χ4n) is 3.25. The maximum Gasteiger partial charge on any atom is 0.120 e. The summed E-state index contributed by atoms with van der Waals surface area (Å²) >= 11 is 6.19. The van der Waals surface area contributed by atoms with E-state index in [2.05, 4.69) is 34.3 Å². The maximum atomic E-state index is 6.19. The number of ether oxygens (including phenoxy) is 1. The zero-order valence-corrected chi connectivity index (χ0v) is 16.9. The number of benzene rings is 2. The highest BCUT2D eigenvalue weighted by Crippen LogP contribution is 2.19. The van der Waals surface area contributed by atoms with E-state index < -0.39 is 0 Å². The third kappa shape index (κ3) is 6.82. The van der Waals surface area contributed by atoms with E-state index in [1.165, 1.54) is 44.7 Å². The summed E-state index contributed by atoms with van der Waals surface area (Å²) in [7, 11) is 2.20. The normalized spacial score (nSPS) is 15.8. The lowest BCUT2D eigenvalue weighted by Crippen LogP contribution is -2.45. The number of hydrogen-bond acceptors (Lipinski definition) is 4. The van der Waals surface area contributed by atoms with Crippen LogP contribution >= 0.6 is 11.6 Å². The summed E-state index contributed by atoms with van der Waals surface area (Å²) in [5, 5.41) is 4.29. The monoisotopic (exact) mass is 387 g/mol. The van der Waals surface area contributed by atoms with Gasteiger partial charge in [-0.05, 0) is 50.3 Å². The van der Waals surface area contributed by atoms with Crippen molar-refractivity contribution in [1.29, 1.82) is 0 Å². The Balaban J connectivity index is 1.36. The predicted molar refractivity (Wildman–Crippen MR) is 112 cm³/mol. The molecular formula is C22H30ClN3O. The number of piperazine rings is 1. The molecule has 2 aromatic carbocycles. The van der Waals surface area contributed by atoms with Gasteiger partial charge in [-0.3, -0.25) is 0 Å². The van der Waals surface area contributed by atoms with Gasteiger partial charge in [0.2, 0.25) is 0 Å². The molecule has 0 bridgehead atoms. The topological polar surface area (TPSA) is 27.7 Å². The molecule has 0 atom stereocenters. The molecule has 0 saturated carbocycles. The fraction of sp³-hybridized carbons (Fsp3) is 0.455. The molecule has 1 fully saturated rings. The molecule has 0 unspecified atom stereocenters. The summed E-state index contributed by atoms with van der Waals surface area (Å²) in [5.41, 5.74) is 2.25. The third-order valence-electron chi connectivity index (χ3n) is 5.00. The van der Waals surface area contributed by atoms with Crippen LogP contribution < -0.4 is 10.1 Å². The Labute approximate surface area is 168 Å². The van der Waals surface area contributed by atoms with Crippen molar-refractivity contribution < 1.29 is 4.74 Å². The van der Waals surface area contributed by atoms with E-state index in [0.717, 1.165) is 29.4 Å². The van der Waals surface area contributed by atoms with Gasteiger partial charge in [0.25, 0.3) is 0 Å². The molecular weight excluding hydrogens is 358 g/mol. The standard InChI is InChI=1S/C22H30ClN3O/c1-25-12-14-26(15-13-25)11-5-10-24-17-19-6-4-8-21(16-19)27-18-20-7-2-3-9-22(20)23/h2-4,6-9,16,24H,5,10-15,17-18H2,1H3. The Hall–Kier alpha value is -1.59. The van der Waals surface area contributed by atoms with Gasteiger partial charge in [-0.1, -0.05) is 41.9 Å². The molecule has 0 amide bonds. The summed E-state index contributed by atoms with van der Waals surface area (Å²) < 4.78 is 5.91. The van der Waals surface area contributed by atoms with Gasteiger partial charge in [-0.15, -0.1) is 0 Å². The minimum absolute atomic E-state index is 0.488. The molecule has 4 nitrogen and oxygen atoms in total. The lowest BCUT2D eigenvalue weighted by Gasteiger charge is -2.32. The van der Waals surface area contributed by atoms with Gasteiger partial charge in [-0.2, -0.15) is 0 Å². The van der Waals surface area contributed by atoms with Crippen molar-refractivity contribution in [2.75, 3.05) is 46.3 Å². The van der Waals surface area contributed by atoms with Gasteiger partial charge >= 0.3 is 0 Å². The van der Waals surface area contributed by atoms with Gasteiger partial charge in [0.1, 0.15) is 12.4 Å². The van der Waals surface area contributed by atoms with Gasteiger partial charge in [0.05, 0.1) is 0 Å². The maximum absolute atomic E-state index is 6.19. The lowest BCUT2D eigenvalue weighted by atomic mass is 10.2. The Bertz CT molecular complexity index is 701.